The number of carboxylic acid groups (broad SMARTS) is 1. The van der Waals surface area contributed by atoms with E-state index >= 15 is 0 Å². The molecule has 7 heterocycles. The number of carbonyl (C=O) groups is 1. The van der Waals surface area contributed by atoms with E-state index in [1.165, 1.54) is 12.8 Å². The number of amidine groups is 1. The summed E-state index contributed by atoms with van der Waals surface area (Å²) in [6, 6.07) is 30.7. The number of nitrogens with zero attached hydrogens (tertiary/aromatic N) is 10. The molecule has 0 radical (unpaired) electrons. The molecule has 10 rings (SSSR count). The van der Waals surface area contributed by atoms with Crippen molar-refractivity contribution in [1.82, 2.24) is 44.9 Å². The molecule has 0 spiro atoms. The van der Waals surface area contributed by atoms with E-state index in [0.717, 1.165) is 88.0 Å². The first-order valence-electron chi connectivity index (χ1n) is 22.8. The normalized spacial score (nSPS) is 17.3. The quantitative estimate of drug-likeness (QED) is 0.0465. The van der Waals surface area contributed by atoms with Gasteiger partial charge in [-0.3, -0.25) is 29.5 Å². The molecular weight excluding hydrogens is 1070 g/mol. The second kappa shape index (κ2) is 28.9. The highest BCUT2D eigenvalue weighted by atomic mass is 79.9. The molecular formula is C53H56Br2ClN11O5. The minimum atomic E-state index is -0.685. The van der Waals surface area contributed by atoms with Gasteiger partial charge in [-0.1, -0.05) is 77.2 Å². The van der Waals surface area contributed by atoms with Gasteiger partial charge in [0.1, 0.15) is 6.04 Å². The Bertz CT molecular complexity index is 2870. The maximum absolute atomic E-state index is 10.4. The number of pyridine rings is 2. The Morgan fingerprint density at radius 2 is 1.07 bits per heavy atom. The Morgan fingerprint density at radius 1 is 0.653 bits per heavy atom. The van der Waals surface area contributed by atoms with E-state index in [1.54, 1.807) is 49.1 Å². The van der Waals surface area contributed by atoms with Crippen LogP contribution in [0, 0.1) is 24.2 Å². The van der Waals surface area contributed by atoms with Crippen molar-refractivity contribution in [2.45, 2.75) is 56.7 Å². The van der Waals surface area contributed by atoms with Crippen LogP contribution in [0.4, 0.5) is 0 Å². The fraction of sp³-hybridized carbons (Fsp3) is 0.283. The number of likely N-dealkylation sites (tertiary alicyclic amines) is 3. The lowest BCUT2D eigenvalue weighted by Gasteiger charge is -2.14. The first-order valence-corrected chi connectivity index (χ1v) is 24.4. The van der Waals surface area contributed by atoms with Gasteiger partial charge in [-0.05, 0) is 164 Å². The summed E-state index contributed by atoms with van der Waals surface area (Å²) >= 11 is 6.69. The lowest BCUT2D eigenvalue weighted by Crippen LogP contribution is -2.32. The molecule has 4 N–H and O–H groups in total. The van der Waals surface area contributed by atoms with E-state index < -0.39 is 5.97 Å². The van der Waals surface area contributed by atoms with Crippen LogP contribution in [0.3, 0.4) is 0 Å². The molecule has 374 valence electrons. The second-order valence-corrected chi connectivity index (χ2v) is 18.4. The molecule has 7 aromatic rings. The van der Waals surface area contributed by atoms with Crippen LogP contribution >= 0.6 is 44.3 Å². The highest BCUT2D eigenvalue weighted by Gasteiger charge is 2.29. The Balaban J connectivity index is 0.000000179. The number of hydrogen-bond acceptors (Lipinski definition) is 14. The van der Waals surface area contributed by atoms with Gasteiger partial charge in [-0.15, -0.1) is 18.8 Å². The Morgan fingerprint density at radius 3 is 1.44 bits per heavy atom. The molecule has 4 aromatic heterocycles. The van der Waals surface area contributed by atoms with Gasteiger partial charge in [-0.2, -0.15) is 9.97 Å². The van der Waals surface area contributed by atoms with Gasteiger partial charge in [-0.25, -0.2) is 0 Å². The summed E-state index contributed by atoms with van der Waals surface area (Å²) in [7, 11) is 6.05. The molecule has 3 aliphatic rings. The monoisotopic (exact) mass is 1120 g/mol. The van der Waals surface area contributed by atoms with Gasteiger partial charge >= 0.3 is 5.97 Å². The van der Waals surface area contributed by atoms with Crippen molar-refractivity contribution in [1.29, 1.82) is 0 Å². The first kappa shape index (κ1) is 56.1. The number of terminal acetylenes is 1. The number of hydrogen-bond donors (Lipinski definition) is 3. The number of likely N-dealkylation sites (N-methyl/N-ethyl adjacent to an activating group) is 1. The predicted molar refractivity (Wildman–Crippen MR) is 286 cm³/mol. The van der Waals surface area contributed by atoms with Crippen LogP contribution in [-0.2, 0) is 4.79 Å². The fourth-order valence-electron chi connectivity index (χ4n) is 7.65. The zero-order valence-corrected chi connectivity index (χ0v) is 44.0. The smallest absolute Gasteiger partial charge is 0.320 e. The predicted octanol–water partition coefficient (Wildman–Crippen LogP) is 9.76. The number of aliphatic carboxylic acids is 1. The zero-order valence-electron chi connectivity index (χ0n) is 40.1. The Kier molecular flexibility index (Phi) is 22.6. The number of benzene rings is 3. The number of rotatable bonds is 6. The highest BCUT2D eigenvalue weighted by molar-refractivity contribution is 9.10. The van der Waals surface area contributed by atoms with E-state index in [4.69, 9.17) is 31.5 Å². The molecule has 3 atom stereocenters. The van der Waals surface area contributed by atoms with Crippen LogP contribution in [0.2, 0.25) is 0 Å². The maximum Gasteiger partial charge on any atom is 0.320 e. The van der Waals surface area contributed by atoms with E-state index in [1.807, 2.05) is 84.7 Å². The van der Waals surface area contributed by atoms with E-state index in [9.17, 15) is 4.79 Å². The third kappa shape index (κ3) is 16.9. The Labute approximate surface area is 442 Å². The van der Waals surface area contributed by atoms with Crippen molar-refractivity contribution in [2.75, 3.05) is 40.8 Å². The van der Waals surface area contributed by atoms with E-state index in [2.05, 4.69) is 109 Å². The lowest BCUT2D eigenvalue weighted by molar-refractivity contribution is -0.141. The van der Waals surface area contributed by atoms with Crippen LogP contribution in [0.15, 0.2) is 145 Å². The van der Waals surface area contributed by atoms with Gasteiger partial charge in [0, 0.05) is 67.1 Å². The topological polar surface area (TPSA) is 209 Å². The molecule has 72 heavy (non-hydrogen) atoms. The minimum Gasteiger partial charge on any atom is -0.480 e. The molecule has 16 nitrogen and oxygen atoms in total. The SMILES string of the molecule is C#Cc1ccncc1.CN1CCCC1C(=O)O.CN1CCCC1c1nc(-c2ccc(Br)cc2)no1.CN1CCCC1c1nc(-c2ccc(C#Cc3ccncc3)cc2)no1.Cl.N/C(=N\O)c1ccc(Br)cc1. The van der Waals surface area contributed by atoms with Crippen molar-refractivity contribution >= 4 is 56.1 Å². The molecule has 0 bridgehead atoms. The average molecular weight is 1120 g/mol. The van der Waals surface area contributed by atoms with Crippen LogP contribution in [0.25, 0.3) is 22.8 Å². The minimum absolute atomic E-state index is 0. The van der Waals surface area contributed by atoms with Crippen LogP contribution < -0.4 is 5.73 Å². The summed E-state index contributed by atoms with van der Waals surface area (Å²) in [4.78, 5) is 33.6. The van der Waals surface area contributed by atoms with E-state index in [0.29, 0.717) is 23.1 Å². The van der Waals surface area contributed by atoms with Crippen molar-refractivity contribution in [3.63, 3.8) is 0 Å². The van der Waals surface area contributed by atoms with Gasteiger partial charge in [0.05, 0.1) is 12.1 Å². The van der Waals surface area contributed by atoms with Gasteiger partial charge in [0.15, 0.2) is 5.84 Å². The molecule has 0 amide bonds. The third-order valence-corrected chi connectivity index (χ3v) is 12.7. The van der Waals surface area contributed by atoms with Gasteiger partial charge in [0.25, 0.3) is 0 Å². The number of oxime groups is 1. The summed E-state index contributed by atoms with van der Waals surface area (Å²) < 4.78 is 12.9. The number of carboxylic acids is 1. The van der Waals surface area contributed by atoms with Crippen LogP contribution in [0.1, 0.15) is 84.6 Å². The largest absolute Gasteiger partial charge is 0.480 e. The highest BCUT2D eigenvalue weighted by Crippen LogP contribution is 2.32. The van der Waals surface area contributed by atoms with Crippen LogP contribution in [0.5, 0.6) is 0 Å². The van der Waals surface area contributed by atoms with Crippen LogP contribution in [-0.4, -0.2) is 114 Å². The molecule has 0 saturated carbocycles. The first-order chi connectivity index (χ1) is 34.4. The fourth-order valence-corrected chi connectivity index (χ4v) is 8.18. The van der Waals surface area contributed by atoms with Gasteiger partial charge < -0.3 is 25.1 Å². The molecule has 19 heteroatoms. The number of aromatic nitrogens is 6. The van der Waals surface area contributed by atoms with Crippen molar-refractivity contribution in [3.8, 4) is 47.0 Å². The average Bonchev–Trinajstić information content (AvgIpc) is 4.28. The molecule has 3 aliphatic heterocycles. The number of halogens is 3. The lowest BCUT2D eigenvalue weighted by atomic mass is 10.1. The standard InChI is InChI=1S/C20H18N4O.C13H14BrN3O.C7H7BrN2O.C7H5N.C6H11NO2.ClH/c1-24-14-2-3-18(24)20-22-19(23-25-20)17-8-6-15(7-9-17)4-5-16-10-12-21-13-11-16;1-17-8-2-3-11(17)13-15-12(16-18-13)9-4-6-10(14)7-5-9;8-6-3-1-5(2-4-6)7(9)10-11;1-2-7-3-5-8-6-4-7;1-7-4-2-3-5(7)6(8)9;/h6-13,18H,2-3,14H2,1H3;4-7,11H,2-3,8H2,1H3;1-4,11H,(H2,9,10);1,3-6H;5H,2-4H2,1H3,(H,8,9);1H. The maximum atomic E-state index is 10.4. The summed E-state index contributed by atoms with van der Waals surface area (Å²) in [5.74, 6) is 10.9. The third-order valence-electron chi connectivity index (χ3n) is 11.7. The molecule has 0 aliphatic carbocycles. The summed E-state index contributed by atoms with van der Waals surface area (Å²) in [6.45, 7) is 3.10. The number of nitrogens with two attached hydrogens (primary N) is 1. The molecule has 3 unspecified atom stereocenters. The molecule has 3 saturated heterocycles. The summed E-state index contributed by atoms with van der Waals surface area (Å²) in [5, 5.41) is 27.9. The summed E-state index contributed by atoms with van der Waals surface area (Å²) in [5.41, 5.74) is 10.7. The second-order valence-electron chi connectivity index (χ2n) is 16.6. The van der Waals surface area contributed by atoms with Crippen molar-refractivity contribution < 1.29 is 24.2 Å². The molecule has 3 fully saturated rings. The summed E-state index contributed by atoms with van der Waals surface area (Å²) in [6.07, 6.45) is 18.3. The zero-order chi connectivity index (χ0) is 50.5. The van der Waals surface area contributed by atoms with Gasteiger partial charge in [0.2, 0.25) is 23.4 Å². The van der Waals surface area contributed by atoms with E-state index in [-0.39, 0.29) is 36.4 Å². The Hall–Kier alpha value is -6.77. The van der Waals surface area contributed by atoms with Crippen molar-refractivity contribution in [2.24, 2.45) is 10.9 Å². The molecule has 3 aromatic carbocycles. The van der Waals surface area contributed by atoms with Crippen molar-refractivity contribution in [3.05, 3.63) is 165 Å².